The fraction of sp³-hybridized carbons (Fsp3) is 0.462. The van der Waals surface area contributed by atoms with Crippen LogP contribution >= 0.6 is 0 Å². The van der Waals surface area contributed by atoms with Crippen molar-refractivity contribution in [1.29, 1.82) is 0 Å². The van der Waals surface area contributed by atoms with Crippen molar-refractivity contribution in [3.05, 3.63) is 35.9 Å². The van der Waals surface area contributed by atoms with Crippen molar-refractivity contribution >= 4 is 5.91 Å². The van der Waals surface area contributed by atoms with E-state index in [4.69, 9.17) is 10.5 Å². The lowest BCUT2D eigenvalue weighted by molar-refractivity contribution is -0.123. The van der Waals surface area contributed by atoms with Crippen LogP contribution in [0.15, 0.2) is 30.3 Å². The second kappa shape index (κ2) is 7.04. The molecular formula is C13H20N2O2. The average Bonchev–Trinajstić information content (AvgIpc) is 2.36. The molecule has 0 fully saturated rings. The third-order valence-electron chi connectivity index (χ3n) is 2.46. The summed E-state index contributed by atoms with van der Waals surface area (Å²) in [5.74, 6) is -0.178. The van der Waals surface area contributed by atoms with Gasteiger partial charge in [0.1, 0.15) is 6.04 Å². The van der Waals surface area contributed by atoms with Crippen LogP contribution in [0.25, 0.3) is 0 Å². The van der Waals surface area contributed by atoms with Crippen molar-refractivity contribution in [2.24, 2.45) is 5.73 Å². The minimum absolute atomic E-state index is 0.00641. The van der Waals surface area contributed by atoms with E-state index in [-0.39, 0.29) is 12.0 Å². The summed E-state index contributed by atoms with van der Waals surface area (Å²) in [5, 5.41) is 2.78. The van der Waals surface area contributed by atoms with Gasteiger partial charge in [-0.05, 0) is 19.4 Å². The van der Waals surface area contributed by atoms with Crippen LogP contribution in [-0.4, -0.2) is 25.2 Å². The molecule has 1 rings (SSSR count). The third-order valence-corrected chi connectivity index (χ3v) is 2.46. The van der Waals surface area contributed by atoms with Gasteiger partial charge in [-0.2, -0.15) is 0 Å². The zero-order chi connectivity index (χ0) is 12.7. The molecule has 0 aliphatic heterocycles. The first kappa shape index (κ1) is 13.7. The molecule has 0 heterocycles. The molecule has 1 aromatic carbocycles. The van der Waals surface area contributed by atoms with Crippen LogP contribution < -0.4 is 11.1 Å². The Morgan fingerprint density at radius 2 is 2.06 bits per heavy atom. The maximum absolute atomic E-state index is 11.8. The molecule has 2 unspecified atom stereocenters. The molecule has 1 aromatic rings. The zero-order valence-corrected chi connectivity index (χ0v) is 10.3. The molecule has 0 saturated heterocycles. The summed E-state index contributed by atoms with van der Waals surface area (Å²) < 4.78 is 5.32. The zero-order valence-electron chi connectivity index (χ0n) is 10.3. The highest BCUT2D eigenvalue weighted by Gasteiger charge is 2.15. The van der Waals surface area contributed by atoms with E-state index >= 15 is 0 Å². The lowest BCUT2D eigenvalue weighted by Gasteiger charge is -2.16. The van der Waals surface area contributed by atoms with Gasteiger partial charge in [0, 0.05) is 13.2 Å². The third kappa shape index (κ3) is 4.54. The Balaban J connectivity index is 2.43. The van der Waals surface area contributed by atoms with Gasteiger partial charge in [-0.1, -0.05) is 30.3 Å². The predicted octanol–water partition coefficient (Wildman–Crippen LogP) is 1.23. The molecule has 0 aliphatic carbocycles. The van der Waals surface area contributed by atoms with Crippen LogP contribution in [0.3, 0.4) is 0 Å². The number of ether oxygens (including phenoxy) is 1. The Morgan fingerprint density at radius 3 is 2.65 bits per heavy atom. The first-order valence-corrected chi connectivity index (χ1v) is 5.85. The van der Waals surface area contributed by atoms with Crippen LogP contribution in [0.5, 0.6) is 0 Å². The summed E-state index contributed by atoms with van der Waals surface area (Å²) >= 11 is 0. The van der Waals surface area contributed by atoms with Crippen molar-refractivity contribution < 1.29 is 9.53 Å². The quantitative estimate of drug-likeness (QED) is 0.780. The summed E-state index contributed by atoms with van der Waals surface area (Å²) in [6.07, 6.45) is 0.00641. The number of carbonyl (C=O) groups excluding carboxylic acids is 1. The van der Waals surface area contributed by atoms with E-state index in [0.29, 0.717) is 13.2 Å². The second-order valence-electron chi connectivity index (χ2n) is 3.90. The van der Waals surface area contributed by atoms with Crippen LogP contribution in [0.2, 0.25) is 0 Å². The Morgan fingerprint density at radius 1 is 1.41 bits per heavy atom. The maximum Gasteiger partial charge on any atom is 0.241 e. The summed E-state index contributed by atoms with van der Waals surface area (Å²) in [7, 11) is 0. The smallest absolute Gasteiger partial charge is 0.241 e. The maximum atomic E-state index is 11.8. The molecule has 0 spiro atoms. The van der Waals surface area contributed by atoms with Crippen molar-refractivity contribution in [2.75, 3.05) is 13.2 Å². The minimum atomic E-state index is -0.620. The van der Waals surface area contributed by atoms with Gasteiger partial charge < -0.3 is 15.8 Å². The monoisotopic (exact) mass is 236 g/mol. The number of nitrogens with two attached hydrogens (primary N) is 1. The molecule has 17 heavy (non-hydrogen) atoms. The van der Waals surface area contributed by atoms with Crippen LogP contribution in [0, 0.1) is 0 Å². The Bertz CT molecular complexity index is 341. The van der Waals surface area contributed by atoms with E-state index in [1.54, 1.807) is 0 Å². The standard InChI is InChI=1S/C13H20N2O2/c1-3-17-10(2)9-15-13(16)12(14)11-7-5-4-6-8-11/h4-8,10,12H,3,9,14H2,1-2H3,(H,15,16). The van der Waals surface area contributed by atoms with E-state index in [1.807, 2.05) is 44.2 Å². The molecule has 4 nitrogen and oxygen atoms in total. The van der Waals surface area contributed by atoms with Gasteiger partial charge in [-0.3, -0.25) is 4.79 Å². The van der Waals surface area contributed by atoms with Crippen LogP contribution in [0.1, 0.15) is 25.5 Å². The average molecular weight is 236 g/mol. The highest BCUT2D eigenvalue weighted by molar-refractivity contribution is 5.82. The summed E-state index contributed by atoms with van der Waals surface area (Å²) in [6, 6.07) is 8.69. The lowest BCUT2D eigenvalue weighted by atomic mass is 10.1. The molecular weight excluding hydrogens is 216 g/mol. The van der Waals surface area contributed by atoms with Gasteiger partial charge >= 0.3 is 0 Å². The number of nitrogens with one attached hydrogen (secondary N) is 1. The lowest BCUT2D eigenvalue weighted by Crippen LogP contribution is -2.38. The number of amides is 1. The topological polar surface area (TPSA) is 64.3 Å². The van der Waals surface area contributed by atoms with E-state index in [9.17, 15) is 4.79 Å². The molecule has 1 amide bonds. The van der Waals surface area contributed by atoms with Gasteiger partial charge in [-0.25, -0.2) is 0 Å². The van der Waals surface area contributed by atoms with Crippen molar-refractivity contribution in [3.63, 3.8) is 0 Å². The number of carbonyl (C=O) groups is 1. The van der Waals surface area contributed by atoms with Gasteiger partial charge in [0.25, 0.3) is 0 Å². The van der Waals surface area contributed by atoms with Crippen molar-refractivity contribution in [3.8, 4) is 0 Å². The largest absolute Gasteiger partial charge is 0.377 e. The fourth-order valence-corrected chi connectivity index (χ4v) is 1.51. The molecule has 94 valence electrons. The highest BCUT2D eigenvalue weighted by atomic mass is 16.5. The molecule has 4 heteroatoms. The number of rotatable bonds is 6. The van der Waals surface area contributed by atoms with E-state index < -0.39 is 6.04 Å². The van der Waals surface area contributed by atoms with E-state index in [0.717, 1.165) is 5.56 Å². The molecule has 0 radical (unpaired) electrons. The van der Waals surface area contributed by atoms with Gasteiger partial charge in [0.05, 0.1) is 6.10 Å². The Labute approximate surface area is 102 Å². The molecule has 0 aliphatic rings. The number of hydrogen-bond donors (Lipinski definition) is 2. The second-order valence-corrected chi connectivity index (χ2v) is 3.90. The molecule has 2 atom stereocenters. The highest BCUT2D eigenvalue weighted by Crippen LogP contribution is 2.09. The van der Waals surface area contributed by atoms with Crippen LogP contribution in [-0.2, 0) is 9.53 Å². The molecule has 0 saturated carbocycles. The number of hydrogen-bond acceptors (Lipinski definition) is 3. The normalized spacial score (nSPS) is 14.1. The molecule has 3 N–H and O–H groups in total. The van der Waals surface area contributed by atoms with Crippen molar-refractivity contribution in [1.82, 2.24) is 5.32 Å². The summed E-state index contributed by atoms with van der Waals surface area (Å²) in [4.78, 5) is 11.8. The van der Waals surface area contributed by atoms with Gasteiger partial charge in [0.15, 0.2) is 0 Å². The molecule has 0 bridgehead atoms. The van der Waals surface area contributed by atoms with Crippen molar-refractivity contribution in [2.45, 2.75) is 26.0 Å². The summed E-state index contributed by atoms with van der Waals surface area (Å²) in [5.41, 5.74) is 6.66. The first-order valence-electron chi connectivity index (χ1n) is 5.85. The Kier molecular flexibility index (Phi) is 5.66. The minimum Gasteiger partial charge on any atom is -0.377 e. The number of benzene rings is 1. The summed E-state index contributed by atoms with van der Waals surface area (Å²) in [6.45, 7) is 4.96. The van der Waals surface area contributed by atoms with E-state index in [2.05, 4.69) is 5.32 Å². The Hall–Kier alpha value is -1.39. The predicted molar refractivity (Wildman–Crippen MR) is 67.5 cm³/mol. The van der Waals surface area contributed by atoms with Gasteiger partial charge in [0.2, 0.25) is 5.91 Å². The van der Waals surface area contributed by atoms with E-state index in [1.165, 1.54) is 0 Å². The first-order chi connectivity index (χ1) is 8.15. The SMILES string of the molecule is CCOC(C)CNC(=O)C(N)c1ccccc1. The van der Waals surface area contributed by atoms with Gasteiger partial charge in [-0.15, -0.1) is 0 Å². The fourth-order valence-electron chi connectivity index (χ4n) is 1.51. The van der Waals surface area contributed by atoms with Crippen LogP contribution in [0.4, 0.5) is 0 Å². The molecule has 0 aromatic heterocycles.